The zero-order valence-corrected chi connectivity index (χ0v) is 23.3. The minimum atomic E-state index is -0.531. The predicted octanol–water partition coefficient (Wildman–Crippen LogP) is 6.15. The van der Waals surface area contributed by atoms with E-state index in [1.165, 1.54) is 0 Å². The van der Waals surface area contributed by atoms with E-state index < -0.39 is 17.1 Å². The highest BCUT2D eigenvalue weighted by Gasteiger charge is 2.36. The van der Waals surface area contributed by atoms with Gasteiger partial charge in [-0.15, -0.1) is 0 Å². The minimum absolute atomic E-state index is 0.161. The van der Waals surface area contributed by atoms with E-state index in [2.05, 4.69) is 10.6 Å². The fourth-order valence-electron chi connectivity index (χ4n) is 4.28. The van der Waals surface area contributed by atoms with Crippen LogP contribution in [0.3, 0.4) is 0 Å². The number of carbonyl (C=O) groups is 4. The number of imide groups is 1. The van der Waals surface area contributed by atoms with Crippen LogP contribution in [0.1, 0.15) is 16.7 Å². The molecule has 0 atom stereocenters. The molecule has 0 spiro atoms. The summed E-state index contributed by atoms with van der Waals surface area (Å²) in [5, 5.41) is 6.94. The van der Waals surface area contributed by atoms with Gasteiger partial charge >= 0.3 is 0 Å². The number of nitrogens with one attached hydrogen (secondary N) is 2. The first-order valence-corrected chi connectivity index (χ1v) is 13.7. The van der Waals surface area contributed by atoms with Crippen molar-refractivity contribution in [3.8, 4) is 5.75 Å². The molecule has 1 saturated heterocycles. The number of anilines is 2. The zero-order valence-electron chi connectivity index (χ0n) is 22.5. The number of rotatable bonds is 8. The van der Waals surface area contributed by atoms with Crippen LogP contribution in [-0.4, -0.2) is 41.0 Å². The maximum Gasteiger partial charge on any atom is 0.294 e. The van der Waals surface area contributed by atoms with Gasteiger partial charge in [-0.25, -0.2) is 0 Å². The van der Waals surface area contributed by atoms with Crippen molar-refractivity contribution in [1.29, 1.82) is 0 Å². The molecule has 1 aliphatic heterocycles. The maximum absolute atomic E-state index is 12.9. The normalized spacial score (nSPS) is 14.0. The summed E-state index contributed by atoms with van der Waals surface area (Å²) in [6, 6.07) is 25.7. The Morgan fingerprint density at radius 3 is 2.39 bits per heavy atom. The van der Waals surface area contributed by atoms with Gasteiger partial charge in [-0.3, -0.25) is 24.1 Å². The van der Waals surface area contributed by atoms with Crippen LogP contribution in [0.15, 0.2) is 89.8 Å². The van der Waals surface area contributed by atoms with Crippen LogP contribution < -0.4 is 15.4 Å². The van der Waals surface area contributed by atoms with E-state index in [-0.39, 0.29) is 24.0 Å². The maximum atomic E-state index is 12.9. The second-order valence-electron chi connectivity index (χ2n) is 9.55. The first-order chi connectivity index (χ1) is 19.8. The van der Waals surface area contributed by atoms with E-state index in [4.69, 9.17) is 4.74 Å². The highest BCUT2D eigenvalue weighted by Crippen LogP contribution is 2.32. The van der Waals surface area contributed by atoms with E-state index in [1.807, 2.05) is 68.4 Å². The SMILES string of the molecule is Cc1ccc(NC(=O)COc2ccc(/C=C3\SC(=O)N(CC(=O)Nc4cccc5ccccc45)C3=O)cc2)cc1C. The molecular weight excluding hydrogens is 538 g/mol. The minimum Gasteiger partial charge on any atom is -0.484 e. The van der Waals surface area contributed by atoms with Gasteiger partial charge in [-0.05, 0) is 84.1 Å². The van der Waals surface area contributed by atoms with E-state index in [0.717, 1.165) is 38.6 Å². The summed E-state index contributed by atoms with van der Waals surface area (Å²) < 4.78 is 5.58. The third kappa shape index (κ3) is 6.64. The molecule has 8 nitrogen and oxygen atoms in total. The van der Waals surface area contributed by atoms with Gasteiger partial charge in [-0.2, -0.15) is 0 Å². The monoisotopic (exact) mass is 565 g/mol. The van der Waals surface area contributed by atoms with Crippen molar-refractivity contribution in [2.75, 3.05) is 23.8 Å². The van der Waals surface area contributed by atoms with Gasteiger partial charge in [0.2, 0.25) is 5.91 Å². The lowest BCUT2D eigenvalue weighted by atomic mass is 10.1. The Kier molecular flexibility index (Phi) is 8.16. The first kappa shape index (κ1) is 27.7. The highest BCUT2D eigenvalue weighted by molar-refractivity contribution is 8.18. The molecule has 0 unspecified atom stereocenters. The van der Waals surface area contributed by atoms with E-state index in [9.17, 15) is 19.2 Å². The summed E-state index contributed by atoms with van der Waals surface area (Å²) in [5.74, 6) is -0.796. The molecule has 0 aliphatic carbocycles. The standard InChI is InChI=1S/C32H27N3O5S/c1-20-10-13-24(16-21(20)2)33-30(37)19-40-25-14-11-22(12-15-25)17-28-31(38)35(32(39)41-28)18-29(36)34-27-9-5-7-23-6-3-4-8-26(23)27/h3-17H,18-19H2,1-2H3,(H,33,37)(H,34,36)/b28-17-. The Morgan fingerprint density at radius 1 is 0.854 bits per heavy atom. The molecule has 206 valence electrons. The predicted molar refractivity (Wildman–Crippen MR) is 162 cm³/mol. The second kappa shape index (κ2) is 12.1. The molecular formula is C32H27N3O5S. The molecule has 1 aliphatic rings. The third-order valence-electron chi connectivity index (χ3n) is 6.58. The Morgan fingerprint density at radius 2 is 1.61 bits per heavy atom. The number of hydrogen-bond donors (Lipinski definition) is 2. The van der Waals surface area contributed by atoms with E-state index in [0.29, 0.717) is 22.7 Å². The largest absolute Gasteiger partial charge is 0.484 e. The fraction of sp³-hybridized carbons (Fsp3) is 0.125. The van der Waals surface area contributed by atoms with Gasteiger partial charge in [0.15, 0.2) is 6.61 Å². The van der Waals surface area contributed by atoms with Gasteiger partial charge in [0.25, 0.3) is 17.1 Å². The average Bonchev–Trinajstić information content (AvgIpc) is 3.22. The fourth-order valence-corrected chi connectivity index (χ4v) is 5.12. The number of ether oxygens (including phenoxy) is 1. The van der Waals surface area contributed by atoms with Crippen molar-refractivity contribution in [2.45, 2.75) is 13.8 Å². The van der Waals surface area contributed by atoms with Crippen LogP contribution in [0.2, 0.25) is 0 Å². The van der Waals surface area contributed by atoms with E-state index in [1.54, 1.807) is 36.4 Å². The Bertz CT molecular complexity index is 1690. The van der Waals surface area contributed by atoms with Crippen molar-refractivity contribution in [2.24, 2.45) is 0 Å². The number of aryl methyl sites for hydroxylation is 2. The van der Waals surface area contributed by atoms with Crippen molar-refractivity contribution in [3.63, 3.8) is 0 Å². The molecule has 4 aromatic carbocycles. The number of hydrogen-bond acceptors (Lipinski definition) is 6. The van der Waals surface area contributed by atoms with Gasteiger partial charge < -0.3 is 15.4 Å². The van der Waals surface area contributed by atoms with Crippen molar-refractivity contribution in [1.82, 2.24) is 4.90 Å². The van der Waals surface area contributed by atoms with Gasteiger partial charge in [0.05, 0.1) is 4.91 Å². The quantitative estimate of drug-likeness (QED) is 0.248. The molecule has 1 fully saturated rings. The lowest BCUT2D eigenvalue weighted by Crippen LogP contribution is -2.36. The Labute approximate surface area is 241 Å². The van der Waals surface area contributed by atoms with Crippen molar-refractivity contribution >= 4 is 62.9 Å². The molecule has 9 heteroatoms. The summed E-state index contributed by atoms with van der Waals surface area (Å²) in [6.45, 7) is 3.44. The molecule has 41 heavy (non-hydrogen) atoms. The van der Waals surface area contributed by atoms with Crippen LogP contribution in [0.25, 0.3) is 16.8 Å². The first-order valence-electron chi connectivity index (χ1n) is 12.9. The number of amides is 4. The lowest BCUT2D eigenvalue weighted by Gasteiger charge is -2.13. The highest BCUT2D eigenvalue weighted by atomic mass is 32.2. The Balaban J connectivity index is 1.16. The molecule has 0 saturated carbocycles. The number of thioether (sulfide) groups is 1. The smallest absolute Gasteiger partial charge is 0.294 e. The summed E-state index contributed by atoms with van der Waals surface area (Å²) in [7, 11) is 0. The molecule has 0 radical (unpaired) electrons. The molecule has 2 N–H and O–H groups in total. The van der Waals surface area contributed by atoms with Crippen LogP contribution >= 0.6 is 11.8 Å². The van der Waals surface area contributed by atoms with Crippen molar-refractivity contribution < 1.29 is 23.9 Å². The van der Waals surface area contributed by atoms with Crippen LogP contribution in [0.5, 0.6) is 5.75 Å². The lowest BCUT2D eigenvalue weighted by molar-refractivity contribution is -0.127. The summed E-state index contributed by atoms with van der Waals surface area (Å²) in [4.78, 5) is 51.6. The van der Waals surface area contributed by atoms with Crippen LogP contribution in [-0.2, 0) is 14.4 Å². The molecule has 0 aromatic heterocycles. The number of carbonyl (C=O) groups excluding carboxylic acids is 4. The zero-order chi connectivity index (χ0) is 28.9. The molecule has 4 aromatic rings. The summed E-state index contributed by atoms with van der Waals surface area (Å²) >= 11 is 0.783. The molecule has 0 bridgehead atoms. The number of benzene rings is 4. The molecule has 1 heterocycles. The van der Waals surface area contributed by atoms with Gasteiger partial charge in [0.1, 0.15) is 12.3 Å². The van der Waals surface area contributed by atoms with Crippen LogP contribution in [0, 0.1) is 13.8 Å². The second-order valence-corrected chi connectivity index (χ2v) is 10.5. The van der Waals surface area contributed by atoms with Gasteiger partial charge in [-0.1, -0.05) is 54.6 Å². The third-order valence-corrected chi connectivity index (χ3v) is 7.48. The summed E-state index contributed by atoms with van der Waals surface area (Å²) in [5.41, 5.74) is 4.22. The van der Waals surface area contributed by atoms with E-state index >= 15 is 0 Å². The molecule has 5 rings (SSSR count). The summed E-state index contributed by atoms with van der Waals surface area (Å²) in [6.07, 6.45) is 1.59. The number of nitrogens with zero attached hydrogens (tertiary/aromatic N) is 1. The average molecular weight is 566 g/mol. The molecule has 4 amide bonds. The topological polar surface area (TPSA) is 105 Å². The van der Waals surface area contributed by atoms with Crippen molar-refractivity contribution in [3.05, 3.63) is 107 Å². The van der Waals surface area contributed by atoms with Crippen LogP contribution in [0.4, 0.5) is 16.2 Å². The number of fused-ring (bicyclic) bond motifs is 1. The van der Waals surface area contributed by atoms with Gasteiger partial charge in [0, 0.05) is 16.8 Å². The Hall–Kier alpha value is -4.89.